The van der Waals surface area contributed by atoms with Crippen LogP contribution < -0.4 is 11.1 Å². The molecule has 0 bridgehead atoms. The first-order valence-corrected chi connectivity index (χ1v) is 20.0. The van der Waals surface area contributed by atoms with Gasteiger partial charge in [0.25, 0.3) is 0 Å². The van der Waals surface area contributed by atoms with Crippen LogP contribution in [0, 0.1) is 0 Å². The molecule has 0 saturated heterocycles. The predicted octanol–water partition coefficient (Wildman–Crippen LogP) is 9.71. The first-order chi connectivity index (χ1) is 23.4. The maximum Gasteiger partial charge on any atom is 0.472 e. The molecule has 0 rings (SSSR count). The van der Waals surface area contributed by atoms with Crippen LogP contribution in [0.5, 0.6) is 0 Å². The SMILES string of the molecule is CC/C=C\C/C=C\C/C=C\C/C=C\C/C=C\C/C=C\CCC(=O)NC(COP(=O)(O)OCCN)C(O)CCCCCCCCCCCC. The summed E-state index contributed by atoms with van der Waals surface area (Å²) in [6, 6.07) is -0.816. The lowest BCUT2D eigenvalue weighted by Gasteiger charge is -2.25. The molecule has 3 unspecified atom stereocenters. The van der Waals surface area contributed by atoms with Crippen molar-refractivity contribution in [3.05, 3.63) is 72.9 Å². The number of carbonyl (C=O) groups is 1. The summed E-state index contributed by atoms with van der Waals surface area (Å²) in [6.45, 7) is 3.98. The van der Waals surface area contributed by atoms with Crippen molar-refractivity contribution in [1.82, 2.24) is 5.32 Å². The Morgan fingerprint density at radius 1 is 0.708 bits per heavy atom. The van der Waals surface area contributed by atoms with Gasteiger partial charge in [-0.05, 0) is 51.4 Å². The van der Waals surface area contributed by atoms with E-state index in [1.54, 1.807) is 0 Å². The largest absolute Gasteiger partial charge is 0.472 e. The number of carbonyl (C=O) groups excluding carboxylic acids is 1. The summed E-state index contributed by atoms with van der Waals surface area (Å²) in [5, 5.41) is 13.6. The number of aliphatic hydroxyl groups is 1. The normalized spacial score (nSPS) is 15.2. The van der Waals surface area contributed by atoms with E-state index in [0.717, 1.165) is 57.8 Å². The van der Waals surface area contributed by atoms with Gasteiger partial charge in [0.05, 0.1) is 25.4 Å². The average Bonchev–Trinajstić information content (AvgIpc) is 3.07. The first-order valence-electron chi connectivity index (χ1n) is 18.6. The van der Waals surface area contributed by atoms with Crippen LogP contribution in [0.2, 0.25) is 0 Å². The van der Waals surface area contributed by atoms with Crippen LogP contribution in [0.25, 0.3) is 0 Å². The number of hydrogen-bond acceptors (Lipinski definition) is 6. The van der Waals surface area contributed by atoms with Gasteiger partial charge in [-0.15, -0.1) is 0 Å². The number of unbranched alkanes of at least 4 members (excludes halogenated alkanes) is 9. The summed E-state index contributed by atoms with van der Waals surface area (Å²) in [5.41, 5.74) is 5.35. The number of phosphoric ester groups is 1. The molecule has 0 aromatic carbocycles. The van der Waals surface area contributed by atoms with Crippen molar-refractivity contribution in [2.45, 2.75) is 148 Å². The maximum absolute atomic E-state index is 12.7. The minimum Gasteiger partial charge on any atom is -0.391 e. The molecule has 0 fully saturated rings. The standard InChI is InChI=1S/C39H69N2O6P/c1-3-5-7-9-11-13-15-16-17-18-19-20-21-22-23-25-27-29-31-33-39(43)41-37(36-47-48(44,45)46-35-34-40)38(42)32-30-28-26-24-14-12-10-8-6-4-2/h5,7,11,13,16-17,19-20,22-23,27,29,37-38,42H,3-4,6,8-10,12,14-15,18,21,24-26,28,30-36,40H2,1-2H3,(H,41,43)(H,44,45)/b7-5-,13-11-,17-16-,20-19-,23-22-,29-27-. The number of nitrogens with one attached hydrogen (secondary N) is 1. The van der Waals surface area contributed by atoms with Crippen LogP contribution >= 0.6 is 7.82 Å². The third-order valence-corrected chi connectivity index (χ3v) is 8.57. The number of aliphatic hydroxyl groups excluding tert-OH is 1. The van der Waals surface area contributed by atoms with E-state index in [2.05, 4.69) is 79.9 Å². The zero-order valence-corrected chi connectivity index (χ0v) is 31.1. The van der Waals surface area contributed by atoms with Crippen LogP contribution in [-0.2, 0) is 18.4 Å². The molecule has 48 heavy (non-hydrogen) atoms. The van der Waals surface area contributed by atoms with Gasteiger partial charge in [0.1, 0.15) is 0 Å². The monoisotopic (exact) mass is 692 g/mol. The highest BCUT2D eigenvalue weighted by Gasteiger charge is 2.27. The highest BCUT2D eigenvalue weighted by molar-refractivity contribution is 7.47. The molecular formula is C39H69N2O6P. The molecule has 0 radical (unpaired) electrons. The Balaban J connectivity index is 4.40. The van der Waals surface area contributed by atoms with E-state index in [9.17, 15) is 19.4 Å². The smallest absolute Gasteiger partial charge is 0.391 e. The van der Waals surface area contributed by atoms with Crippen molar-refractivity contribution in [1.29, 1.82) is 0 Å². The zero-order valence-electron chi connectivity index (χ0n) is 30.2. The van der Waals surface area contributed by atoms with Gasteiger partial charge in [0, 0.05) is 13.0 Å². The second-order valence-corrected chi connectivity index (χ2v) is 13.5. The quantitative estimate of drug-likeness (QED) is 0.0306. The average molecular weight is 693 g/mol. The highest BCUT2D eigenvalue weighted by atomic mass is 31.2. The molecule has 0 aromatic rings. The van der Waals surface area contributed by atoms with Gasteiger partial charge in [-0.1, -0.05) is 151 Å². The van der Waals surface area contributed by atoms with Crippen LogP contribution in [0.15, 0.2) is 72.9 Å². The van der Waals surface area contributed by atoms with Crippen molar-refractivity contribution in [3.63, 3.8) is 0 Å². The lowest BCUT2D eigenvalue weighted by atomic mass is 10.0. The highest BCUT2D eigenvalue weighted by Crippen LogP contribution is 2.43. The van der Waals surface area contributed by atoms with E-state index in [4.69, 9.17) is 14.8 Å². The van der Waals surface area contributed by atoms with E-state index in [1.807, 2.05) is 12.2 Å². The maximum atomic E-state index is 12.7. The topological polar surface area (TPSA) is 131 Å². The summed E-state index contributed by atoms with van der Waals surface area (Å²) in [7, 11) is -4.33. The molecule has 0 heterocycles. The Hall–Kier alpha value is -2.06. The number of nitrogens with two attached hydrogens (primary N) is 1. The fourth-order valence-electron chi connectivity index (χ4n) is 4.80. The molecule has 0 aromatic heterocycles. The van der Waals surface area contributed by atoms with Crippen LogP contribution in [-0.4, -0.2) is 47.8 Å². The van der Waals surface area contributed by atoms with Crippen LogP contribution in [0.3, 0.4) is 0 Å². The minimum atomic E-state index is -4.33. The van der Waals surface area contributed by atoms with Crippen molar-refractivity contribution in [3.8, 4) is 0 Å². The van der Waals surface area contributed by atoms with Crippen molar-refractivity contribution in [2.75, 3.05) is 19.8 Å². The van der Waals surface area contributed by atoms with Gasteiger partial charge in [0.2, 0.25) is 5.91 Å². The molecule has 0 saturated carbocycles. The zero-order chi connectivity index (χ0) is 35.4. The minimum absolute atomic E-state index is 0.0734. The molecule has 276 valence electrons. The Morgan fingerprint density at radius 3 is 1.65 bits per heavy atom. The fraction of sp³-hybridized carbons (Fsp3) is 0.667. The number of rotatable bonds is 33. The summed E-state index contributed by atoms with van der Waals surface area (Å²) in [4.78, 5) is 22.5. The Labute approximate surface area is 293 Å². The number of phosphoric acid groups is 1. The summed E-state index contributed by atoms with van der Waals surface area (Å²) in [5.74, 6) is -0.249. The lowest BCUT2D eigenvalue weighted by Crippen LogP contribution is -2.46. The van der Waals surface area contributed by atoms with E-state index in [0.29, 0.717) is 12.8 Å². The van der Waals surface area contributed by atoms with Gasteiger partial charge < -0.3 is 21.1 Å². The molecule has 0 aliphatic heterocycles. The molecule has 0 spiro atoms. The third-order valence-electron chi connectivity index (χ3n) is 7.59. The van der Waals surface area contributed by atoms with E-state index >= 15 is 0 Å². The second-order valence-electron chi connectivity index (χ2n) is 12.1. The molecule has 0 aliphatic rings. The Kier molecular flexibility index (Phi) is 33.3. The predicted molar refractivity (Wildman–Crippen MR) is 203 cm³/mol. The summed E-state index contributed by atoms with van der Waals surface area (Å²) in [6.07, 6.45) is 43.5. The molecule has 8 nitrogen and oxygen atoms in total. The first kappa shape index (κ1) is 45.9. The molecule has 1 amide bonds. The Bertz CT molecular complexity index is 976. The molecule has 0 aliphatic carbocycles. The lowest BCUT2D eigenvalue weighted by molar-refractivity contribution is -0.123. The third kappa shape index (κ3) is 32.5. The van der Waals surface area contributed by atoms with Gasteiger partial charge in [-0.3, -0.25) is 13.8 Å². The number of amides is 1. The van der Waals surface area contributed by atoms with Crippen molar-refractivity contribution in [2.24, 2.45) is 5.73 Å². The van der Waals surface area contributed by atoms with Crippen LogP contribution in [0.1, 0.15) is 136 Å². The van der Waals surface area contributed by atoms with Gasteiger partial charge in [0.15, 0.2) is 0 Å². The van der Waals surface area contributed by atoms with Crippen LogP contribution in [0.4, 0.5) is 0 Å². The van der Waals surface area contributed by atoms with E-state index < -0.39 is 20.0 Å². The second kappa shape index (κ2) is 34.8. The molecule has 9 heteroatoms. The van der Waals surface area contributed by atoms with E-state index in [-0.39, 0.29) is 32.1 Å². The number of hydrogen-bond donors (Lipinski definition) is 4. The molecule has 5 N–H and O–H groups in total. The fourth-order valence-corrected chi connectivity index (χ4v) is 5.56. The van der Waals surface area contributed by atoms with Crippen molar-refractivity contribution >= 4 is 13.7 Å². The Morgan fingerprint density at radius 2 is 1.17 bits per heavy atom. The van der Waals surface area contributed by atoms with Crippen molar-refractivity contribution < 1.29 is 28.4 Å². The van der Waals surface area contributed by atoms with Gasteiger partial charge >= 0.3 is 7.82 Å². The molecular weight excluding hydrogens is 623 g/mol. The van der Waals surface area contributed by atoms with E-state index in [1.165, 1.54) is 44.9 Å². The van der Waals surface area contributed by atoms with Gasteiger partial charge in [-0.25, -0.2) is 4.57 Å². The van der Waals surface area contributed by atoms with Gasteiger partial charge in [-0.2, -0.15) is 0 Å². The molecule has 3 atom stereocenters. The number of allylic oxidation sites excluding steroid dienone is 12. The summed E-state index contributed by atoms with van der Waals surface area (Å²) >= 11 is 0. The summed E-state index contributed by atoms with van der Waals surface area (Å²) < 4.78 is 22.0.